The van der Waals surface area contributed by atoms with Gasteiger partial charge in [0.25, 0.3) is 0 Å². The topological polar surface area (TPSA) is 55.8 Å². The number of hydrogen-bond acceptors (Lipinski definition) is 3. The van der Waals surface area contributed by atoms with Gasteiger partial charge in [-0.1, -0.05) is 19.9 Å². The molecule has 0 aromatic rings. The fraction of sp³-hybridized carbons (Fsp3) is 0.625. The Morgan fingerprint density at radius 1 is 1.50 bits per heavy atom. The van der Waals surface area contributed by atoms with Gasteiger partial charge in [-0.25, -0.2) is 14.6 Å². The van der Waals surface area contributed by atoms with Gasteiger partial charge in [0.15, 0.2) is 0 Å². The second kappa shape index (κ2) is 6.82. The zero-order chi connectivity index (χ0) is 9.40. The van der Waals surface area contributed by atoms with E-state index in [0.717, 1.165) is 12.8 Å². The molecule has 4 heteroatoms. The highest BCUT2D eigenvalue weighted by Crippen LogP contribution is 1.94. The number of hydrogen-bond donors (Lipinski definition) is 1. The lowest BCUT2D eigenvalue weighted by molar-refractivity contribution is -0.288. The van der Waals surface area contributed by atoms with Gasteiger partial charge in [-0.2, -0.15) is 0 Å². The Bertz CT molecular complexity index is 153. The molecule has 0 fully saturated rings. The van der Waals surface area contributed by atoms with Gasteiger partial charge in [-0.15, -0.1) is 0 Å². The predicted octanol–water partition coefficient (Wildman–Crippen LogP) is 1.38. The van der Waals surface area contributed by atoms with E-state index in [2.05, 4.69) is 16.4 Å². The number of carboxylic acid groups (broad SMARTS) is 1. The maximum atomic E-state index is 10.2. The third-order valence-corrected chi connectivity index (χ3v) is 1.20. The van der Waals surface area contributed by atoms with Gasteiger partial charge in [-0.05, 0) is 6.42 Å². The van der Waals surface area contributed by atoms with Gasteiger partial charge >= 0.3 is 5.97 Å². The molecule has 70 valence electrons. The SMILES string of the molecule is C=C(COOCCCC)C(=O)O. The number of unbranched alkanes of at least 4 members (excludes halogenated alkanes) is 1. The molecule has 0 saturated heterocycles. The predicted molar refractivity (Wildman–Crippen MR) is 43.6 cm³/mol. The van der Waals surface area contributed by atoms with Crippen LogP contribution in [-0.2, 0) is 14.6 Å². The quantitative estimate of drug-likeness (QED) is 0.274. The second-order valence-electron chi connectivity index (χ2n) is 2.35. The summed E-state index contributed by atoms with van der Waals surface area (Å²) in [5, 5.41) is 8.35. The zero-order valence-corrected chi connectivity index (χ0v) is 7.21. The van der Waals surface area contributed by atoms with E-state index in [0.29, 0.717) is 6.61 Å². The highest BCUT2D eigenvalue weighted by Gasteiger charge is 2.03. The standard InChI is InChI=1S/C8H14O4/c1-3-4-5-11-12-6-7(2)8(9)10/h2-6H2,1H3,(H,9,10). The summed E-state index contributed by atoms with van der Waals surface area (Å²) in [5.74, 6) is -1.06. The smallest absolute Gasteiger partial charge is 0.333 e. The van der Waals surface area contributed by atoms with Crippen molar-refractivity contribution in [1.82, 2.24) is 0 Å². The molecule has 0 aromatic heterocycles. The van der Waals surface area contributed by atoms with Crippen LogP contribution >= 0.6 is 0 Å². The first-order valence-corrected chi connectivity index (χ1v) is 3.84. The van der Waals surface area contributed by atoms with E-state index in [-0.39, 0.29) is 12.2 Å². The summed E-state index contributed by atoms with van der Waals surface area (Å²) in [5.41, 5.74) is -0.00787. The lowest BCUT2D eigenvalue weighted by Crippen LogP contribution is -2.07. The number of carbonyl (C=O) groups is 1. The van der Waals surface area contributed by atoms with E-state index in [1.807, 2.05) is 6.92 Å². The van der Waals surface area contributed by atoms with Crippen molar-refractivity contribution in [3.05, 3.63) is 12.2 Å². The van der Waals surface area contributed by atoms with Crippen LogP contribution in [0, 0.1) is 0 Å². The Kier molecular flexibility index (Phi) is 6.32. The molecule has 0 aliphatic heterocycles. The van der Waals surface area contributed by atoms with Crippen LogP contribution in [0.1, 0.15) is 19.8 Å². The van der Waals surface area contributed by atoms with Crippen molar-refractivity contribution in [3.63, 3.8) is 0 Å². The van der Waals surface area contributed by atoms with Crippen LogP contribution in [0.4, 0.5) is 0 Å². The molecule has 0 saturated carbocycles. The van der Waals surface area contributed by atoms with Crippen LogP contribution in [0.2, 0.25) is 0 Å². The van der Waals surface area contributed by atoms with Crippen molar-refractivity contribution in [2.45, 2.75) is 19.8 Å². The van der Waals surface area contributed by atoms with Crippen LogP contribution in [0.25, 0.3) is 0 Å². The monoisotopic (exact) mass is 174 g/mol. The molecule has 12 heavy (non-hydrogen) atoms. The average molecular weight is 174 g/mol. The maximum Gasteiger partial charge on any atom is 0.333 e. The summed E-state index contributed by atoms with van der Waals surface area (Å²) in [6, 6.07) is 0. The minimum atomic E-state index is -1.06. The maximum absolute atomic E-state index is 10.2. The Morgan fingerprint density at radius 2 is 2.17 bits per heavy atom. The summed E-state index contributed by atoms with van der Waals surface area (Å²) in [6.45, 7) is 5.70. The van der Waals surface area contributed by atoms with E-state index in [9.17, 15) is 4.79 Å². The average Bonchev–Trinajstić information content (AvgIpc) is 2.03. The van der Waals surface area contributed by atoms with Gasteiger partial charge in [0.05, 0.1) is 12.2 Å². The minimum Gasteiger partial charge on any atom is -0.478 e. The van der Waals surface area contributed by atoms with E-state index in [1.54, 1.807) is 0 Å². The fourth-order valence-electron chi connectivity index (χ4n) is 0.437. The number of carboxylic acids is 1. The summed E-state index contributed by atoms with van der Waals surface area (Å²) in [6.07, 6.45) is 1.92. The first kappa shape index (κ1) is 11.1. The molecular formula is C8H14O4. The van der Waals surface area contributed by atoms with Crippen LogP contribution in [0.5, 0.6) is 0 Å². The number of rotatable bonds is 7. The molecule has 1 N–H and O–H groups in total. The Morgan fingerprint density at radius 3 is 2.67 bits per heavy atom. The largest absolute Gasteiger partial charge is 0.478 e. The molecule has 0 amide bonds. The van der Waals surface area contributed by atoms with Crippen molar-refractivity contribution in [2.24, 2.45) is 0 Å². The molecule has 0 aliphatic rings. The third-order valence-electron chi connectivity index (χ3n) is 1.20. The van der Waals surface area contributed by atoms with E-state index in [1.165, 1.54) is 0 Å². The normalized spacial score (nSPS) is 9.75. The Labute approximate surface area is 71.7 Å². The summed E-state index contributed by atoms with van der Waals surface area (Å²) in [4.78, 5) is 19.4. The third kappa shape index (κ3) is 5.88. The van der Waals surface area contributed by atoms with Gasteiger partial charge in [-0.3, -0.25) is 0 Å². The minimum absolute atomic E-state index is 0.00787. The van der Waals surface area contributed by atoms with E-state index >= 15 is 0 Å². The lowest BCUT2D eigenvalue weighted by atomic mass is 10.3. The molecule has 4 nitrogen and oxygen atoms in total. The van der Waals surface area contributed by atoms with Crippen molar-refractivity contribution < 1.29 is 19.7 Å². The van der Waals surface area contributed by atoms with E-state index in [4.69, 9.17) is 5.11 Å². The molecule has 0 aromatic carbocycles. The summed E-state index contributed by atoms with van der Waals surface area (Å²) in [7, 11) is 0. The first-order valence-electron chi connectivity index (χ1n) is 3.84. The van der Waals surface area contributed by atoms with Crippen LogP contribution < -0.4 is 0 Å². The molecule has 0 rings (SSSR count). The molecule has 0 atom stereocenters. The lowest BCUT2D eigenvalue weighted by Gasteiger charge is -2.02. The fourth-order valence-corrected chi connectivity index (χ4v) is 0.437. The van der Waals surface area contributed by atoms with Gasteiger partial charge in [0.1, 0.15) is 6.61 Å². The summed E-state index contributed by atoms with van der Waals surface area (Å²) >= 11 is 0. The van der Waals surface area contributed by atoms with Crippen LogP contribution in [0.15, 0.2) is 12.2 Å². The molecule has 0 unspecified atom stereocenters. The van der Waals surface area contributed by atoms with Gasteiger partial charge in [0, 0.05) is 0 Å². The molecule has 0 bridgehead atoms. The van der Waals surface area contributed by atoms with Gasteiger partial charge < -0.3 is 5.11 Å². The van der Waals surface area contributed by atoms with Crippen molar-refractivity contribution in [3.8, 4) is 0 Å². The molecule has 0 heterocycles. The van der Waals surface area contributed by atoms with Crippen LogP contribution in [0.3, 0.4) is 0 Å². The van der Waals surface area contributed by atoms with Crippen molar-refractivity contribution >= 4 is 5.97 Å². The molecular weight excluding hydrogens is 160 g/mol. The molecule has 0 aliphatic carbocycles. The molecule has 0 spiro atoms. The second-order valence-corrected chi connectivity index (χ2v) is 2.35. The van der Waals surface area contributed by atoms with Crippen molar-refractivity contribution in [1.29, 1.82) is 0 Å². The first-order chi connectivity index (χ1) is 5.68. The highest BCUT2D eigenvalue weighted by molar-refractivity contribution is 5.85. The van der Waals surface area contributed by atoms with Crippen LogP contribution in [-0.4, -0.2) is 24.3 Å². The Balaban J connectivity index is 3.20. The zero-order valence-electron chi connectivity index (χ0n) is 7.21. The Hall–Kier alpha value is -0.870. The van der Waals surface area contributed by atoms with E-state index < -0.39 is 5.97 Å². The number of aliphatic carboxylic acids is 1. The highest BCUT2D eigenvalue weighted by atomic mass is 17.2. The van der Waals surface area contributed by atoms with Crippen molar-refractivity contribution in [2.75, 3.05) is 13.2 Å². The van der Waals surface area contributed by atoms with Gasteiger partial charge in [0.2, 0.25) is 0 Å². The summed E-state index contributed by atoms with van der Waals surface area (Å²) < 4.78 is 0. The molecule has 0 radical (unpaired) electrons.